The van der Waals surface area contributed by atoms with Crippen molar-refractivity contribution in [2.45, 2.75) is 25.8 Å². The summed E-state index contributed by atoms with van der Waals surface area (Å²) in [5.41, 5.74) is 4.16. The summed E-state index contributed by atoms with van der Waals surface area (Å²) in [6.07, 6.45) is -0.553. The molecule has 1 saturated heterocycles. The molecule has 4 rings (SSSR count). The number of aliphatic carboxylic acids is 1. The van der Waals surface area contributed by atoms with Crippen LogP contribution in [0.15, 0.2) is 48.5 Å². The standard InChI is InChI=1S/C25H28N2O6/c1-25(2)15-27(22(25)23(29)30)21(28)14-32-12-11-26-24(31)33-13-20-18-9-5-3-7-16(18)17-8-4-6-10-19(17)20/h3-10,20,22H,11-15H2,1-2H3,(H,26,31)(H,29,30). The summed E-state index contributed by atoms with van der Waals surface area (Å²) >= 11 is 0. The first-order valence-corrected chi connectivity index (χ1v) is 11.0. The Morgan fingerprint density at radius 3 is 2.24 bits per heavy atom. The van der Waals surface area contributed by atoms with Crippen LogP contribution in [-0.2, 0) is 19.1 Å². The van der Waals surface area contributed by atoms with Crippen molar-refractivity contribution in [3.05, 3.63) is 59.7 Å². The van der Waals surface area contributed by atoms with Crippen LogP contribution in [0.5, 0.6) is 0 Å². The van der Waals surface area contributed by atoms with Crippen LogP contribution in [0, 0.1) is 5.41 Å². The molecule has 2 amide bonds. The van der Waals surface area contributed by atoms with E-state index in [0.717, 1.165) is 22.3 Å². The Morgan fingerprint density at radius 2 is 1.67 bits per heavy atom. The van der Waals surface area contributed by atoms with Gasteiger partial charge in [0.05, 0.1) is 6.61 Å². The molecule has 1 heterocycles. The maximum atomic E-state index is 12.2. The highest BCUT2D eigenvalue weighted by Crippen LogP contribution is 2.44. The van der Waals surface area contributed by atoms with Gasteiger partial charge in [-0.3, -0.25) is 4.79 Å². The van der Waals surface area contributed by atoms with Crippen LogP contribution >= 0.6 is 0 Å². The van der Waals surface area contributed by atoms with E-state index < -0.39 is 23.5 Å². The van der Waals surface area contributed by atoms with Gasteiger partial charge in [-0.1, -0.05) is 62.4 Å². The monoisotopic (exact) mass is 452 g/mol. The van der Waals surface area contributed by atoms with Gasteiger partial charge >= 0.3 is 12.1 Å². The van der Waals surface area contributed by atoms with Crippen molar-refractivity contribution in [2.75, 3.05) is 32.9 Å². The molecular weight excluding hydrogens is 424 g/mol. The molecule has 0 spiro atoms. The number of benzene rings is 2. The van der Waals surface area contributed by atoms with Crippen molar-refractivity contribution in [1.82, 2.24) is 10.2 Å². The maximum absolute atomic E-state index is 12.2. The highest BCUT2D eigenvalue weighted by Gasteiger charge is 2.52. The molecule has 0 radical (unpaired) electrons. The predicted octanol–water partition coefficient (Wildman–Crippen LogP) is 2.86. The van der Waals surface area contributed by atoms with Crippen molar-refractivity contribution >= 4 is 18.0 Å². The van der Waals surface area contributed by atoms with Gasteiger partial charge in [0.15, 0.2) is 0 Å². The molecule has 1 unspecified atom stereocenters. The van der Waals surface area contributed by atoms with Crippen molar-refractivity contribution < 1.29 is 29.0 Å². The quantitative estimate of drug-likeness (QED) is 0.597. The number of rotatable bonds is 8. The molecule has 1 atom stereocenters. The van der Waals surface area contributed by atoms with Crippen LogP contribution in [0.4, 0.5) is 4.79 Å². The van der Waals surface area contributed by atoms with E-state index in [-0.39, 0.29) is 38.2 Å². The molecule has 8 nitrogen and oxygen atoms in total. The van der Waals surface area contributed by atoms with Gasteiger partial charge in [-0.05, 0) is 22.3 Å². The second-order valence-corrected chi connectivity index (χ2v) is 9.06. The Bertz CT molecular complexity index is 1020. The van der Waals surface area contributed by atoms with E-state index in [1.807, 2.05) is 38.1 Å². The van der Waals surface area contributed by atoms with Crippen LogP contribution in [0.25, 0.3) is 11.1 Å². The fourth-order valence-corrected chi connectivity index (χ4v) is 4.74. The van der Waals surface area contributed by atoms with Crippen LogP contribution in [0.2, 0.25) is 0 Å². The summed E-state index contributed by atoms with van der Waals surface area (Å²) < 4.78 is 10.8. The van der Waals surface area contributed by atoms with Gasteiger partial charge in [-0.15, -0.1) is 0 Å². The molecule has 0 aromatic heterocycles. The number of ether oxygens (including phenoxy) is 2. The van der Waals surface area contributed by atoms with E-state index in [9.17, 15) is 19.5 Å². The number of amides is 2. The van der Waals surface area contributed by atoms with Crippen molar-refractivity contribution in [3.63, 3.8) is 0 Å². The first-order valence-electron chi connectivity index (χ1n) is 11.0. The Balaban J connectivity index is 1.18. The second-order valence-electron chi connectivity index (χ2n) is 9.06. The third-order valence-corrected chi connectivity index (χ3v) is 6.27. The Hall–Kier alpha value is -3.39. The van der Waals surface area contributed by atoms with E-state index in [2.05, 4.69) is 29.6 Å². The SMILES string of the molecule is CC1(C)CN(C(=O)COCCNC(=O)OCC2c3ccccc3-c3ccccc32)C1C(=O)O. The lowest BCUT2D eigenvalue weighted by atomic mass is 9.75. The average molecular weight is 453 g/mol. The summed E-state index contributed by atoms with van der Waals surface area (Å²) in [6, 6.07) is 15.4. The minimum absolute atomic E-state index is 0.0139. The van der Waals surface area contributed by atoms with E-state index in [1.54, 1.807) is 0 Å². The van der Waals surface area contributed by atoms with Crippen LogP contribution in [0.1, 0.15) is 30.9 Å². The molecule has 0 saturated carbocycles. The van der Waals surface area contributed by atoms with Gasteiger partial charge in [-0.2, -0.15) is 0 Å². The van der Waals surface area contributed by atoms with E-state index in [0.29, 0.717) is 6.54 Å². The lowest BCUT2D eigenvalue weighted by Gasteiger charge is -2.51. The highest BCUT2D eigenvalue weighted by atomic mass is 16.5. The number of hydrogen-bond acceptors (Lipinski definition) is 5. The lowest BCUT2D eigenvalue weighted by Crippen LogP contribution is -2.67. The zero-order valence-electron chi connectivity index (χ0n) is 18.7. The number of carboxylic acid groups (broad SMARTS) is 1. The molecule has 1 aliphatic heterocycles. The number of likely N-dealkylation sites (tertiary alicyclic amines) is 1. The van der Waals surface area contributed by atoms with E-state index >= 15 is 0 Å². The summed E-state index contributed by atoms with van der Waals surface area (Å²) in [4.78, 5) is 37.0. The summed E-state index contributed by atoms with van der Waals surface area (Å²) in [7, 11) is 0. The molecule has 2 aliphatic rings. The molecule has 33 heavy (non-hydrogen) atoms. The predicted molar refractivity (Wildman–Crippen MR) is 121 cm³/mol. The Kier molecular flexibility index (Phi) is 6.37. The summed E-state index contributed by atoms with van der Waals surface area (Å²) in [5, 5.41) is 11.9. The molecule has 1 fully saturated rings. The Labute approximate surface area is 192 Å². The number of carbonyl (C=O) groups is 3. The van der Waals surface area contributed by atoms with Gasteiger partial charge in [0.2, 0.25) is 5.91 Å². The van der Waals surface area contributed by atoms with Crippen molar-refractivity contribution in [1.29, 1.82) is 0 Å². The normalized spacial score (nSPS) is 18.1. The molecule has 8 heteroatoms. The van der Waals surface area contributed by atoms with Gasteiger partial charge < -0.3 is 24.8 Å². The number of carboxylic acids is 1. The number of alkyl carbamates (subject to hydrolysis) is 1. The first-order chi connectivity index (χ1) is 15.8. The Morgan fingerprint density at radius 1 is 1.06 bits per heavy atom. The van der Waals surface area contributed by atoms with Crippen LogP contribution < -0.4 is 5.32 Å². The summed E-state index contributed by atoms with van der Waals surface area (Å²) in [5.74, 6) is -1.40. The largest absolute Gasteiger partial charge is 0.480 e. The van der Waals surface area contributed by atoms with E-state index in [4.69, 9.17) is 9.47 Å². The van der Waals surface area contributed by atoms with Gasteiger partial charge in [0.1, 0.15) is 19.3 Å². The van der Waals surface area contributed by atoms with Gasteiger partial charge in [-0.25, -0.2) is 9.59 Å². The zero-order chi connectivity index (χ0) is 23.6. The molecule has 0 bridgehead atoms. The minimum atomic E-state index is -1.02. The number of hydrogen-bond donors (Lipinski definition) is 2. The van der Waals surface area contributed by atoms with Gasteiger partial charge in [0.25, 0.3) is 0 Å². The number of nitrogens with one attached hydrogen (secondary N) is 1. The third-order valence-electron chi connectivity index (χ3n) is 6.27. The summed E-state index contributed by atoms with van der Waals surface area (Å²) in [6.45, 7) is 4.29. The average Bonchev–Trinajstić information content (AvgIpc) is 3.09. The second kappa shape index (κ2) is 9.23. The zero-order valence-corrected chi connectivity index (χ0v) is 18.7. The molecule has 174 valence electrons. The number of nitrogens with zero attached hydrogens (tertiary/aromatic N) is 1. The molecule has 2 aromatic carbocycles. The fourth-order valence-electron chi connectivity index (χ4n) is 4.74. The molecule has 1 aliphatic carbocycles. The fraction of sp³-hybridized carbons (Fsp3) is 0.400. The third kappa shape index (κ3) is 4.57. The van der Waals surface area contributed by atoms with Gasteiger partial charge in [0, 0.05) is 24.4 Å². The highest BCUT2D eigenvalue weighted by molar-refractivity contribution is 5.87. The molecule has 2 aromatic rings. The van der Waals surface area contributed by atoms with Crippen LogP contribution in [-0.4, -0.2) is 66.9 Å². The smallest absolute Gasteiger partial charge is 0.407 e. The minimum Gasteiger partial charge on any atom is -0.480 e. The topological polar surface area (TPSA) is 105 Å². The molecule has 2 N–H and O–H groups in total. The maximum Gasteiger partial charge on any atom is 0.407 e. The number of carbonyl (C=O) groups excluding carboxylic acids is 2. The van der Waals surface area contributed by atoms with Crippen molar-refractivity contribution in [3.8, 4) is 11.1 Å². The molecular formula is C25H28N2O6. The first kappa shape index (κ1) is 22.8. The van der Waals surface area contributed by atoms with Crippen molar-refractivity contribution in [2.24, 2.45) is 5.41 Å². The van der Waals surface area contributed by atoms with E-state index in [1.165, 1.54) is 4.90 Å². The van der Waals surface area contributed by atoms with Crippen LogP contribution in [0.3, 0.4) is 0 Å². The lowest BCUT2D eigenvalue weighted by molar-refractivity contribution is -0.174. The number of fused-ring (bicyclic) bond motifs is 3.